The Bertz CT molecular complexity index is 1270. The second-order valence-corrected chi connectivity index (χ2v) is 9.80. The molecule has 1 fully saturated rings. The highest BCUT2D eigenvalue weighted by atomic mass is 19.1. The van der Waals surface area contributed by atoms with Gasteiger partial charge in [0.2, 0.25) is 0 Å². The Balaban J connectivity index is 1.40. The summed E-state index contributed by atoms with van der Waals surface area (Å²) in [5, 5.41) is 0.669. The molecule has 3 aromatic rings. The molecule has 1 aromatic heterocycles. The highest BCUT2D eigenvalue weighted by Crippen LogP contribution is 2.32. The molecule has 190 valence electrons. The summed E-state index contributed by atoms with van der Waals surface area (Å²) >= 11 is 0. The van der Waals surface area contributed by atoms with E-state index in [2.05, 4.69) is 21.4 Å². The van der Waals surface area contributed by atoms with Gasteiger partial charge in [0.15, 0.2) is 0 Å². The molecule has 36 heavy (non-hydrogen) atoms. The molecule has 2 aliphatic rings. The number of carbonyl (C=O) groups excluding carboxylic acids is 2. The van der Waals surface area contributed by atoms with Crippen LogP contribution < -0.4 is 0 Å². The number of benzene rings is 2. The highest BCUT2D eigenvalue weighted by Gasteiger charge is 2.31. The van der Waals surface area contributed by atoms with E-state index >= 15 is 0 Å². The van der Waals surface area contributed by atoms with Gasteiger partial charge in [-0.3, -0.25) is 4.79 Å². The number of hydrogen-bond donors (Lipinski definition) is 0. The number of nitrogens with zero attached hydrogens (tertiary/aromatic N) is 4. The molecule has 0 aliphatic carbocycles. The van der Waals surface area contributed by atoms with Crippen molar-refractivity contribution in [1.29, 1.82) is 0 Å². The van der Waals surface area contributed by atoms with Crippen LogP contribution in [0, 0.1) is 5.82 Å². The minimum absolute atomic E-state index is 0.0152. The van der Waals surface area contributed by atoms with Crippen molar-refractivity contribution >= 4 is 22.8 Å². The standard InChI is InChI=1S/C28H33FN4O3/c1-30-11-3-12-31(15-14-30)16-17-32-13-10-25-26(27(32)34)23-18-22(29)8-9-24(23)33(25)19-20-4-6-21(7-5-20)28(35)36-2/h4-9,18H,3,10-17,19H2,1-2H3. The van der Waals surface area contributed by atoms with E-state index in [1.54, 1.807) is 18.2 Å². The zero-order chi connectivity index (χ0) is 25.2. The number of methoxy groups -OCH3 is 1. The minimum Gasteiger partial charge on any atom is -0.465 e. The van der Waals surface area contributed by atoms with E-state index in [9.17, 15) is 14.0 Å². The fourth-order valence-electron chi connectivity index (χ4n) is 5.41. The summed E-state index contributed by atoms with van der Waals surface area (Å²) in [5.41, 5.74) is 3.91. The summed E-state index contributed by atoms with van der Waals surface area (Å²) in [7, 11) is 3.52. The maximum absolute atomic E-state index is 14.3. The van der Waals surface area contributed by atoms with Gasteiger partial charge in [-0.1, -0.05) is 12.1 Å². The number of aromatic nitrogens is 1. The summed E-state index contributed by atoms with van der Waals surface area (Å²) in [6.07, 6.45) is 1.86. The largest absolute Gasteiger partial charge is 0.465 e. The van der Waals surface area contributed by atoms with Crippen molar-refractivity contribution in [3.63, 3.8) is 0 Å². The molecule has 3 heterocycles. The summed E-state index contributed by atoms with van der Waals surface area (Å²) in [4.78, 5) is 32.2. The third-order valence-corrected chi connectivity index (χ3v) is 7.47. The van der Waals surface area contributed by atoms with E-state index in [-0.39, 0.29) is 17.7 Å². The summed E-state index contributed by atoms with van der Waals surface area (Å²) in [5.74, 6) is -0.735. The monoisotopic (exact) mass is 492 g/mol. The van der Waals surface area contributed by atoms with Crippen LogP contribution in [-0.4, -0.2) is 91.1 Å². The van der Waals surface area contributed by atoms with Crippen LogP contribution in [0.15, 0.2) is 42.5 Å². The van der Waals surface area contributed by atoms with Gasteiger partial charge in [-0.05, 0) is 62.5 Å². The molecule has 0 saturated carbocycles. The van der Waals surface area contributed by atoms with E-state index in [0.717, 1.165) is 62.3 Å². The second-order valence-electron chi connectivity index (χ2n) is 9.80. The summed E-state index contributed by atoms with van der Waals surface area (Å²) in [6, 6.07) is 12.0. The molecule has 2 aromatic carbocycles. The molecule has 0 N–H and O–H groups in total. The van der Waals surface area contributed by atoms with Crippen molar-refractivity contribution in [2.45, 2.75) is 19.4 Å². The molecule has 2 aliphatic heterocycles. The van der Waals surface area contributed by atoms with Crippen LogP contribution in [0.3, 0.4) is 0 Å². The van der Waals surface area contributed by atoms with Crippen molar-refractivity contribution in [3.05, 3.63) is 70.7 Å². The van der Waals surface area contributed by atoms with E-state index in [4.69, 9.17) is 4.74 Å². The van der Waals surface area contributed by atoms with Crippen LogP contribution in [0.25, 0.3) is 10.9 Å². The molecule has 5 rings (SSSR count). The first-order valence-electron chi connectivity index (χ1n) is 12.6. The number of ether oxygens (including phenoxy) is 1. The molecule has 8 heteroatoms. The molecular weight excluding hydrogens is 459 g/mol. The first-order valence-corrected chi connectivity index (χ1v) is 12.6. The number of carbonyl (C=O) groups is 2. The average Bonchev–Trinajstić information content (AvgIpc) is 3.02. The van der Waals surface area contributed by atoms with Gasteiger partial charge in [-0.15, -0.1) is 0 Å². The van der Waals surface area contributed by atoms with Crippen LogP contribution in [-0.2, 0) is 17.7 Å². The summed E-state index contributed by atoms with van der Waals surface area (Å²) in [6.45, 7) is 6.95. The third-order valence-electron chi connectivity index (χ3n) is 7.47. The second kappa shape index (κ2) is 10.4. The lowest BCUT2D eigenvalue weighted by molar-refractivity contribution is 0.0600. The van der Waals surface area contributed by atoms with Gasteiger partial charge < -0.3 is 24.0 Å². The Morgan fingerprint density at radius 1 is 1.00 bits per heavy atom. The lowest BCUT2D eigenvalue weighted by atomic mass is 10.0. The SMILES string of the molecule is COC(=O)c1ccc(Cn2c3c(c4cc(F)ccc42)C(=O)N(CCN2CCCN(C)CC2)CC3)cc1. The van der Waals surface area contributed by atoms with Gasteiger partial charge in [-0.2, -0.15) is 0 Å². The quantitative estimate of drug-likeness (QED) is 0.495. The number of amides is 1. The molecule has 0 unspecified atom stereocenters. The number of likely N-dealkylation sites (N-methyl/N-ethyl adjacent to an activating group) is 1. The Hall–Kier alpha value is -3.23. The Kier molecular flexibility index (Phi) is 7.07. The van der Waals surface area contributed by atoms with Crippen LogP contribution in [0.1, 0.15) is 38.4 Å². The third kappa shape index (κ3) is 4.88. The van der Waals surface area contributed by atoms with E-state index in [0.29, 0.717) is 36.1 Å². The predicted molar refractivity (Wildman–Crippen MR) is 137 cm³/mol. The molecule has 0 atom stereocenters. The smallest absolute Gasteiger partial charge is 0.337 e. The molecule has 0 radical (unpaired) electrons. The van der Waals surface area contributed by atoms with E-state index in [1.165, 1.54) is 19.2 Å². The number of esters is 1. The maximum Gasteiger partial charge on any atom is 0.337 e. The molecule has 0 spiro atoms. The Morgan fingerprint density at radius 2 is 1.81 bits per heavy atom. The van der Waals surface area contributed by atoms with E-state index < -0.39 is 0 Å². The van der Waals surface area contributed by atoms with Gasteiger partial charge in [0.1, 0.15) is 5.82 Å². The molecule has 1 amide bonds. The lowest BCUT2D eigenvalue weighted by Crippen LogP contribution is -2.43. The molecule has 0 bridgehead atoms. The number of halogens is 1. The first kappa shape index (κ1) is 24.5. The number of rotatable bonds is 6. The zero-order valence-electron chi connectivity index (χ0n) is 21.0. The van der Waals surface area contributed by atoms with Crippen molar-refractivity contribution in [2.24, 2.45) is 0 Å². The van der Waals surface area contributed by atoms with Gasteiger partial charge in [0, 0.05) is 62.3 Å². The van der Waals surface area contributed by atoms with Crippen molar-refractivity contribution in [3.8, 4) is 0 Å². The number of fused-ring (bicyclic) bond motifs is 3. The van der Waals surface area contributed by atoms with Gasteiger partial charge in [0.25, 0.3) is 5.91 Å². The van der Waals surface area contributed by atoms with Crippen molar-refractivity contribution in [2.75, 3.05) is 60.0 Å². The zero-order valence-corrected chi connectivity index (χ0v) is 21.0. The topological polar surface area (TPSA) is 58.0 Å². The van der Waals surface area contributed by atoms with Crippen LogP contribution in [0.2, 0.25) is 0 Å². The van der Waals surface area contributed by atoms with Gasteiger partial charge in [0.05, 0.1) is 18.2 Å². The summed E-state index contributed by atoms with van der Waals surface area (Å²) < 4.78 is 21.2. The van der Waals surface area contributed by atoms with Crippen LogP contribution in [0.4, 0.5) is 4.39 Å². The Morgan fingerprint density at radius 3 is 2.58 bits per heavy atom. The lowest BCUT2D eigenvalue weighted by Gasteiger charge is -2.30. The highest BCUT2D eigenvalue weighted by molar-refractivity contribution is 6.09. The van der Waals surface area contributed by atoms with Crippen LogP contribution >= 0.6 is 0 Å². The van der Waals surface area contributed by atoms with Crippen molar-refractivity contribution in [1.82, 2.24) is 19.3 Å². The fraction of sp³-hybridized carbons (Fsp3) is 0.429. The van der Waals surface area contributed by atoms with Crippen molar-refractivity contribution < 1.29 is 18.7 Å². The Labute approximate surface area is 211 Å². The predicted octanol–water partition coefficient (Wildman–Crippen LogP) is 3.25. The van der Waals surface area contributed by atoms with Gasteiger partial charge >= 0.3 is 5.97 Å². The maximum atomic E-state index is 14.3. The minimum atomic E-state index is -0.376. The average molecular weight is 493 g/mol. The normalized spacial score (nSPS) is 17.3. The molecule has 7 nitrogen and oxygen atoms in total. The molecule has 1 saturated heterocycles. The van der Waals surface area contributed by atoms with Gasteiger partial charge in [-0.25, -0.2) is 9.18 Å². The fourth-order valence-corrected chi connectivity index (χ4v) is 5.41. The first-order chi connectivity index (χ1) is 17.4. The molecular formula is C28H33FN4O3. The number of hydrogen-bond acceptors (Lipinski definition) is 5. The van der Waals surface area contributed by atoms with E-state index in [1.807, 2.05) is 17.0 Å². The van der Waals surface area contributed by atoms with Crippen LogP contribution in [0.5, 0.6) is 0 Å².